The molecule has 0 aliphatic carbocycles. The van der Waals surface area contributed by atoms with Crippen molar-refractivity contribution < 1.29 is 0 Å². The van der Waals surface area contributed by atoms with Crippen LogP contribution in [0.2, 0.25) is 0 Å². The molecule has 0 aliphatic rings. The van der Waals surface area contributed by atoms with Crippen molar-refractivity contribution in [3.05, 3.63) is 48.6 Å². The van der Waals surface area contributed by atoms with E-state index in [0.717, 1.165) is 22.6 Å². The molecule has 0 saturated carbocycles. The molecule has 0 saturated heterocycles. The minimum atomic E-state index is -1.56. The molecule has 0 nitrogen and oxygen atoms in total. The Morgan fingerprint density at radius 1 is 0.480 bits per heavy atom. The van der Waals surface area contributed by atoms with Crippen molar-refractivity contribution in [3.8, 4) is 0 Å². The van der Waals surface area contributed by atoms with Crippen molar-refractivity contribution in [1.29, 1.82) is 0 Å². The van der Waals surface area contributed by atoms with Gasteiger partial charge in [-0.2, -0.15) is 0 Å². The van der Waals surface area contributed by atoms with Crippen LogP contribution in [0.15, 0.2) is 48.6 Å². The fourth-order valence-electron chi connectivity index (χ4n) is 5.09. The monoisotopic (exact) mass is 364 g/mol. The van der Waals surface area contributed by atoms with Crippen molar-refractivity contribution in [3.63, 3.8) is 0 Å². The Morgan fingerprint density at radius 2 is 0.680 bits per heavy atom. The van der Waals surface area contributed by atoms with E-state index in [-0.39, 0.29) is 0 Å². The van der Waals surface area contributed by atoms with E-state index in [1.165, 1.54) is 25.7 Å². The van der Waals surface area contributed by atoms with E-state index in [4.69, 9.17) is 0 Å². The van der Waals surface area contributed by atoms with E-state index < -0.39 is 7.26 Å². The molecule has 1 heteroatoms. The first-order valence-corrected chi connectivity index (χ1v) is 12.7. The first-order chi connectivity index (χ1) is 11.9. The Kier molecular flexibility index (Phi) is 13.2. The van der Waals surface area contributed by atoms with Crippen LogP contribution in [0.3, 0.4) is 0 Å². The van der Waals surface area contributed by atoms with Crippen LogP contribution in [0, 0.1) is 0 Å². The SMILES string of the molecule is C/C=C/CC(C)[PH](C(C)C/C=C/C)(C(C)C/C=C/C)C(C)C/C=C/C. The summed E-state index contributed by atoms with van der Waals surface area (Å²) < 4.78 is 0. The Labute approximate surface area is 159 Å². The summed E-state index contributed by atoms with van der Waals surface area (Å²) in [6, 6.07) is 0. The molecule has 146 valence electrons. The predicted molar refractivity (Wildman–Crippen MR) is 124 cm³/mol. The van der Waals surface area contributed by atoms with E-state index >= 15 is 0 Å². The molecular weight excluding hydrogens is 319 g/mol. The molecule has 0 aromatic rings. The van der Waals surface area contributed by atoms with Crippen LogP contribution in [0.4, 0.5) is 0 Å². The van der Waals surface area contributed by atoms with Gasteiger partial charge in [-0.1, -0.05) is 0 Å². The maximum absolute atomic E-state index is 2.55. The van der Waals surface area contributed by atoms with Gasteiger partial charge < -0.3 is 0 Å². The maximum atomic E-state index is 2.55. The normalized spacial score (nSPS) is 19.2. The van der Waals surface area contributed by atoms with E-state index in [0.29, 0.717) is 0 Å². The molecule has 4 unspecified atom stereocenters. The zero-order valence-electron chi connectivity index (χ0n) is 18.3. The number of allylic oxidation sites excluding steroid dienone is 8. The summed E-state index contributed by atoms with van der Waals surface area (Å²) in [5.41, 5.74) is 3.24. The summed E-state index contributed by atoms with van der Waals surface area (Å²) in [4.78, 5) is 0. The first-order valence-electron chi connectivity index (χ1n) is 10.4. The van der Waals surface area contributed by atoms with Gasteiger partial charge in [0.2, 0.25) is 0 Å². The second kappa shape index (κ2) is 13.6. The minimum absolute atomic E-state index is 0.810. The van der Waals surface area contributed by atoms with Crippen LogP contribution in [0.5, 0.6) is 0 Å². The molecule has 25 heavy (non-hydrogen) atoms. The second-order valence-electron chi connectivity index (χ2n) is 7.82. The summed E-state index contributed by atoms with van der Waals surface area (Å²) in [6.45, 7) is 18.8. The van der Waals surface area contributed by atoms with Gasteiger partial charge >= 0.3 is 160 Å². The summed E-state index contributed by atoms with van der Waals surface area (Å²) in [5.74, 6) is 0. The van der Waals surface area contributed by atoms with Crippen LogP contribution < -0.4 is 0 Å². The third-order valence-corrected chi connectivity index (χ3v) is 14.1. The molecule has 4 atom stereocenters. The van der Waals surface area contributed by atoms with E-state index in [2.05, 4.69) is 104 Å². The molecule has 0 bridgehead atoms. The summed E-state index contributed by atoms with van der Waals surface area (Å²) in [6.07, 6.45) is 23.5. The van der Waals surface area contributed by atoms with Gasteiger partial charge in [0, 0.05) is 0 Å². The molecule has 0 heterocycles. The Bertz CT molecular complexity index is 356. The van der Waals surface area contributed by atoms with Crippen molar-refractivity contribution in [1.82, 2.24) is 0 Å². The molecule has 0 aliphatic heterocycles. The molecule has 0 N–H and O–H groups in total. The van der Waals surface area contributed by atoms with Gasteiger partial charge in [0.25, 0.3) is 0 Å². The number of hydrogen-bond donors (Lipinski definition) is 0. The third kappa shape index (κ3) is 6.90. The van der Waals surface area contributed by atoms with Crippen LogP contribution in [0.25, 0.3) is 0 Å². The molecule has 0 fully saturated rings. The van der Waals surface area contributed by atoms with Gasteiger partial charge in [-0.15, -0.1) is 0 Å². The number of hydrogen-bond acceptors (Lipinski definition) is 0. The van der Waals surface area contributed by atoms with Crippen LogP contribution in [-0.2, 0) is 0 Å². The molecular formula is C24H45P. The third-order valence-electron chi connectivity index (χ3n) is 6.32. The second-order valence-corrected chi connectivity index (χ2v) is 13.8. The molecule has 0 spiro atoms. The van der Waals surface area contributed by atoms with Crippen molar-refractivity contribution >= 4 is 7.26 Å². The average Bonchev–Trinajstić information content (AvgIpc) is 2.61. The van der Waals surface area contributed by atoms with Crippen molar-refractivity contribution in [2.24, 2.45) is 0 Å². The van der Waals surface area contributed by atoms with Gasteiger partial charge in [0.1, 0.15) is 0 Å². The van der Waals surface area contributed by atoms with Crippen LogP contribution >= 0.6 is 7.26 Å². The quantitative estimate of drug-likeness (QED) is 0.242. The van der Waals surface area contributed by atoms with Crippen LogP contribution in [-0.4, -0.2) is 22.6 Å². The summed E-state index contributed by atoms with van der Waals surface area (Å²) in [7, 11) is -1.56. The topological polar surface area (TPSA) is 0 Å². The zero-order valence-corrected chi connectivity index (χ0v) is 19.3. The fraction of sp³-hybridized carbons (Fsp3) is 0.667. The number of rotatable bonds is 12. The Morgan fingerprint density at radius 3 is 0.840 bits per heavy atom. The van der Waals surface area contributed by atoms with E-state index in [9.17, 15) is 0 Å². The summed E-state index contributed by atoms with van der Waals surface area (Å²) in [5, 5.41) is 0. The fourth-order valence-corrected chi connectivity index (χ4v) is 13.1. The molecule has 0 radical (unpaired) electrons. The summed E-state index contributed by atoms with van der Waals surface area (Å²) >= 11 is 0. The Hall–Kier alpha value is -0.610. The predicted octanol–water partition coefficient (Wildman–Crippen LogP) is 8.16. The van der Waals surface area contributed by atoms with Crippen LogP contribution in [0.1, 0.15) is 81.1 Å². The van der Waals surface area contributed by atoms with Crippen molar-refractivity contribution in [2.45, 2.75) is 104 Å². The van der Waals surface area contributed by atoms with Gasteiger partial charge in [-0.3, -0.25) is 0 Å². The van der Waals surface area contributed by atoms with Gasteiger partial charge in [0.15, 0.2) is 0 Å². The van der Waals surface area contributed by atoms with Gasteiger partial charge in [-0.05, 0) is 0 Å². The molecule has 0 amide bonds. The average molecular weight is 365 g/mol. The van der Waals surface area contributed by atoms with Gasteiger partial charge in [0.05, 0.1) is 0 Å². The molecule has 0 aromatic carbocycles. The van der Waals surface area contributed by atoms with E-state index in [1.54, 1.807) is 0 Å². The van der Waals surface area contributed by atoms with Crippen molar-refractivity contribution in [2.75, 3.05) is 0 Å². The standard InChI is InChI=1S/C24H45P/c1-9-13-17-21(5)25(22(6)18-14-10-2,23(7)19-15-11-3)24(8)20-16-12-4/h9-16,21-25H,17-20H2,1-8H3/b13-9+,14-10+,15-11+,16-12+. The van der Waals surface area contributed by atoms with E-state index in [1.807, 2.05) is 0 Å². The Balaban J connectivity index is 6.05. The molecule has 0 rings (SSSR count). The van der Waals surface area contributed by atoms with Gasteiger partial charge in [-0.25, -0.2) is 0 Å². The zero-order chi connectivity index (χ0) is 19.3. The molecule has 0 aromatic heterocycles. The first kappa shape index (κ1) is 24.4.